The number of nitrogens with zero attached hydrogens (tertiary/aromatic N) is 2. The van der Waals surface area contributed by atoms with E-state index in [-0.39, 0.29) is 0 Å². The summed E-state index contributed by atoms with van der Waals surface area (Å²) in [6, 6.07) is 13.1. The molecule has 0 amide bonds. The van der Waals surface area contributed by atoms with Gasteiger partial charge in [-0.25, -0.2) is 4.98 Å². The van der Waals surface area contributed by atoms with E-state index in [0.29, 0.717) is 22.9 Å². The molecule has 18 heavy (non-hydrogen) atoms. The lowest BCUT2D eigenvalue weighted by Gasteiger charge is -2.11. The highest BCUT2D eigenvalue weighted by molar-refractivity contribution is 5.54. The van der Waals surface area contributed by atoms with E-state index in [1.165, 1.54) is 6.20 Å². The summed E-state index contributed by atoms with van der Waals surface area (Å²) in [7, 11) is 0. The molecule has 0 spiro atoms. The zero-order valence-corrected chi connectivity index (χ0v) is 10.1. The second kappa shape index (κ2) is 5.69. The normalized spacial score (nSPS) is 9.56. The van der Waals surface area contributed by atoms with Crippen LogP contribution < -0.4 is 10.1 Å². The number of rotatable bonds is 4. The van der Waals surface area contributed by atoms with Gasteiger partial charge in [0.25, 0.3) is 0 Å². The fraction of sp³-hybridized carbons (Fsp3) is 0.143. The number of aromatic nitrogens is 1. The van der Waals surface area contributed by atoms with Crippen molar-refractivity contribution in [1.82, 2.24) is 4.98 Å². The first-order chi connectivity index (χ1) is 8.83. The maximum Gasteiger partial charge on any atom is 0.171 e. The standard InChI is InChI=1S/C14H13N3O/c1-2-16-14-13(8-11(9-15)10-17-14)18-12-6-4-3-5-7-12/h3-8,10H,2H2,1H3,(H,16,17). The number of anilines is 1. The first-order valence-electron chi connectivity index (χ1n) is 5.70. The molecule has 1 N–H and O–H groups in total. The third kappa shape index (κ3) is 2.77. The van der Waals surface area contributed by atoms with Crippen LogP contribution in [0.4, 0.5) is 5.82 Å². The number of nitriles is 1. The summed E-state index contributed by atoms with van der Waals surface area (Å²) in [5.74, 6) is 1.91. The molecule has 1 aromatic carbocycles. The monoisotopic (exact) mass is 239 g/mol. The zero-order valence-electron chi connectivity index (χ0n) is 10.1. The fourth-order valence-corrected chi connectivity index (χ4v) is 1.50. The highest BCUT2D eigenvalue weighted by Gasteiger charge is 2.07. The molecule has 0 atom stereocenters. The lowest BCUT2D eigenvalue weighted by molar-refractivity contribution is 0.482. The van der Waals surface area contributed by atoms with Crippen molar-refractivity contribution >= 4 is 5.82 Å². The summed E-state index contributed by atoms with van der Waals surface area (Å²) in [5, 5.41) is 12.0. The van der Waals surface area contributed by atoms with Gasteiger partial charge < -0.3 is 10.1 Å². The van der Waals surface area contributed by atoms with Crippen molar-refractivity contribution < 1.29 is 4.74 Å². The Hall–Kier alpha value is -2.54. The van der Waals surface area contributed by atoms with Gasteiger partial charge in [0.05, 0.1) is 5.56 Å². The Morgan fingerprint density at radius 3 is 2.78 bits per heavy atom. The van der Waals surface area contributed by atoms with Gasteiger partial charge >= 0.3 is 0 Å². The molecule has 0 unspecified atom stereocenters. The summed E-state index contributed by atoms with van der Waals surface area (Å²) in [6.45, 7) is 2.72. The van der Waals surface area contributed by atoms with Crippen LogP contribution in [0, 0.1) is 11.3 Å². The quantitative estimate of drug-likeness (QED) is 0.890. The molecule has 0 aliphatic rings. The lowest BCUT2D eigenvalue weighted by atomic mass is 10.3. The second-order valence-corrected chi connectivity index (χ2v) is 3.63. The molecule has 1 heterocycles. The number of hydrogen-bond acceptors (Lipinski definition) is 4. The Labute approximate surface area is 106 Å². The Morgan fingerprint density at radius 1 is 1.33 bits per heavy atom. The SMILES string of the molecule is CCNc1ncc(C#N)cc1Oc1ccccc1. The van der Waals surface area contributed by atoms with E-state index in [2.05, 4.69) is 16.4 Å². The molecule has 0 saturated carbocycles. The molecule has 2 rings (SSSR count). The average molecular weight is 239 g/mol. The molecule has 0 aliphatic heterocycles. The number of ether oxygens (including phenoxy) is 1. The molecule has 0 fully saturated rings. The number of nitrogens with one attached hydrogen (secondary N) is 1. The van der Waals surface area contributed by atoms with Gasteiger partial charge in [0.15, 0.2) is 11.6 Å². The van der Waals surface area contributed by atoms with Gasteiger partial charge in [-0.05, 0) is 19.1 Å². The Morgan fingerprint density at radius 2 is 2.11 bits per heavy atom. The van der Waals surface area contributed by atoms with Crippen molar-refractivity contribution in [2.45, 2.75) is 6.92 Å². The van der Waals surface area contributed by atoms with Gasteiger partial charge in [0.1, 0.15) is 11.8 Å². The number of para-hydroxylation sites is 1. The fourth-order valence-electron chi connectivity index (χ4n) is 1.50. The van der Waals surface area contributed by atoms with Gasteiger partial charge in [0.2, 0.25) is 0 Å². The summed E-state index contributed by atoms with van der Waals surface area (Å²) in [4.78, 5) is 4.18. The van der Waals surface area contributed by atoms with E-state index in [4.69, 9.17) is 10.00 Å². The first-order valence-corrected chi connectivity index (χ1v) is 5.70. The van der Waals surface area contributed by atoms with E-state index in [9.17, 15) is 0 Å². The molecule has 90 valence electrons. The van der Waals surface area contributed by atoms with Crippen molar-refractivity contribution in [2.24, 2.45) is 0 Å². The largest absolute Gasteiger partial charge is 0.453 e. The highest BCUT2D eigenvalue weighted by Crippen LogP contribution is 2.28. The summed E-state index contributed by atoms with van der Waals surface area (Å²) < 4.78 is 5.73. The van der Waals surface area contributed by atoms with Crippen molar-refractivity contribution in [3.8, 4) is 17.6 Å². The van der Waals surface area contributed by atoms with E-state index >= 15 is 0 Å². The van der Waals surface area contributed by atoms with E-state index in [1.807, 2.05) is 37.3 Å². The van der Waals surface area contributed by atoms with Crippen LogP contribution in [0.2, 0.25) is 0 Å². The third-order valence-electron chi connectivity index (χ3n) is 2.30. The molecular weight excluding hydrogens is 226 g/mol. The van der Waals surface area contributed by atoms with Crippen LogP contribution in [0.3, 0.4) is 0 Å². The molecule has 0 saturated heterocycles. The lowest BCUT2D eigenvalue weighted by Crippen LogP contribution is -2.02. The van der Waals surface area contributed by atoms with Crippen molar-refractivity contribution in [1.29, 1.82) is 5.26 Å². The third-order valence-corrected chi connectivity index (χ3v) is 2.30. The van der Waals surface area contributed by atoms with Crippen LogP contribution in [-0.2, 0) is 0 Å². The van der Waals surface area contributed by atoms with Gasteiger partial charge in [0, 0.05) is 18.8 Å². The van der Waals surface area contributed by atoms with Gasteiger partial charge in [-0.15, -0.1) is 0 Å². The summed E-state index contributed by atoms with van der Waals surface area (Å²) in [5.41, 5.74) is 0.475. The van der Waals surface area contributed by atoms with Crippen molar-refractivity contribution in [3.63, 3.8) is 0 Å². The molecule has 0 radical (unpaired) electrons. The van der Waals surface area contributed by atoms with Crippen LogP contribution in [-0.4, -0.2) is 11.5 Å². The van der Waals surface area contributed by atoms with Crippen molar-refractivity contribution in [3.05, 3.63) is 48.2 Å². The second-order valence-electron chi connectivity index (χ2n) is 3.63. The molecule has 4 nitrogen and oxygen atoms in total. The average Bonchev–Trinajstić information content (AvgIpc) is 2.42. The van der Waals surface area contributed by atoms with Gasteiger partial charge in [-0.2, -0.15) is 5.26 Å². The predicted molar refractivity (Wildman–Crippen MR) is 69.6 cm³/mol. The van der Waals surface area contributed by atoms with Crippen LogP contribution in [0.15, 0.2) is 42.6 Å². The Balaban J connectivity index is 2.32. The molecule has 2 aromatic rings. The molecular formula is C14H13N3O. The maximum absolute atomic E-state index is 8.88. The Kier molecular flexibility index (Phi) is 3.77. The predicted octanol–water partition coefficient (Wildman–Crippen LogP) is 3.18. The van der Waals surface area contributed by atoms with E-state index < -0.39 is 0 Å². The zero-order chi connectivity index (χ0) is 12.8. The van der Waals surface area contributed by atoms with E-state index in [1.54, 1.807) is 6.07 Å². The number of hydrogen-bond donors (Lipinski definition) is 1. The van der Waals surface area contributed by atoms with Crippen LogP contribution in [0.1, 0.15) is 12.5 Å². The maximum atomic E-state index is 8.88. The van der Waals surface area contributed by atoms with Crippen LogP contribution >= 0.6 is 0 Å². The van der Waals surface area contributed by atoms with Crippen molar-refractivity contribution in [2.75, 3.05) is 11.9 Å². The topological polar surface area (TPSA) is 57.9 Å². The van der Waals surface area contributed by atoms with Crippen LogP contribution in [0.5, 0.6) is 11.5 Å². The summed E-state index contributed by atoms with van der Waals surface area (Å²) >= 11 is 0. The van der Waals surface area contributed by atoms with E-state index in [0.717, 1.165) is 6.54 Å². The molecule has 0 aliphatic carbocycles. The minimum atomic E-state index is 0.475. The molecule has 4 heteroatoms. The molecule has 1 aromatic heterocycles. The van der Waals surface area contributed by atoms with Gasteiger partial charge in [-0.1, -0.05) is 18.2 Å². The Bertz CT molecular complexity index is 561. The van der Waals surface area contributed by atoms with Gasteiger partial charge in [-0.3, -0.25) is 0 Å². The minimum Gasteiger partial charge on any atom is -0.453 e. The van der Waals surface area contributed by atoms with Crippen LogP contribution in [0.25, 0.3) is 0 Å². The smallest absolute Gasteiger partial charge is 0.171 e. The number of benzene rings is 1. The number of pyridine rings is 1. The highest BCUT2D eigenvalue weighted by atomic mass is 16.5. The minimum absolute atomic E-state index is 0.475. The first kappa shape index (κ1) is 11.9. The summed E-state index contributed by atoms with van der Waals surface area (Å²) in [6.07, 6.45) is 1.52. The molecule has 0 bridgehead atoms.